The van der Waals surface area contributed by atoms with Gasteiger partial charge in [0.1, 0.15) is 5.54 Å². The molecule has 21 heavy (non-hydrogen) atoms. The maximum absolute atomic E-state index is 12.7. The number of aryl methyl sites for hydroxylation is 1. The van der Waals surface area contributed by atoms with Gasteiger partial charge in [0.2, 0.25) is 0 Å². The minimum atomic E-state index is -1.17. The van der Waals surface area contributed by atoms with Crippen LogP contribution >= 0.6 is 0 Å². The van der Waals surface area contributed by atoms with Crippen LogP contribution in [0.3, 0.4) is 0 Å². The number of hydrogen-bond donors (Lipinski definition) is 1. The van der Waals surface area contributed by atoms with E-state index in [0.717, 1.165) is 17.4 Å². The van der Waals surface area contributed by atoms with Crippen molar-refractivity contribution in [2.24, 2.45) is 0 Å². The van der Waals surface area contributed by atoms with Crippen LogP contribution in [0.4, 0.5) is 0 Å². The van der Waals surface area contributed by atoms with Gasteiger partial charge in [0.15, 0.2) is 0 Å². The van der Waals surface area contributed by atoms with E-state index in [1.807, 2.05) is 18.2 Å². The van der Waals surface area contributed by atoms with Crippen LogP contribution in [0.25, 0.3) is 10.8 Å². The van der Waals surface area contributed by atoms with Crippen molar-refractivity contribution in [3.63, 3.8) is 0 Å². The van der Waals surface area contributed by atoms with Gasteiger partial charge in [-0.15, -0.1) is 0 Å². The molecule has 2 aromatic rings. The summed E-state index contributed by atoms with van der Waals surface area (Å²) in [5, 5.41) is 11.0. The van der Waals surface area contributed by atoms with Crippen molar-refractivity contribution < 1.29 is 9.90 Å². The molecule has 0 spiro atoms. The number of aromatic nitrogens is 1. The number of benzene rings is 1. The molecule has 1 N–H and O–H groups in total. The Labute approximate surface area is 124 Å². The van der Waals surface area contributed by atoms with Crippen molar-refractivity contribution in [2.45, 2.75) is 45.6 Å². The van der Waals surface area contributed by atoms with Crippen molar-refractivity contribution in [2.75, 3.05) is 0 Å². The molecule has 0 radical (unpaired) electrons. The number of aliphatic carboxylic acids is 1. The number of nitrogens with zero attached hydrogens (tertiary/aromatic N) is 1. The van der Waals surface area contributed by atoms with Gasteiger partial charge < -0.3 is 5.11 Å². The molecule has 1 aromatic heterocycles. The summed E-state index contributed by atoms with van der Waals surface area (Å²) in [5.41, 5.74) is -0.245. The van der Waals surface area contributed by atoms with Gasteiger partial charge in [-0.3, -0.25) is 9.36 Å². The van der Waals surface area contributed by atoms with Crippen LogP contribution in [0.5, 0.6) is 0 Å². The van der Waals surface area contributed by atoms with Gasteiger partial charge in [-0.05, 0) is 42.3 Å². The SMILES string of the molecule is CCc1ccc2c(=O)n(C(CC)(CC)C(=O)O)ccc2c1. The lowest BCUT2D eigenvalue weighted by atomic mass is 9.92. The largest absolute Gasteiger partial charge is 0.479 e. The molecule has 0 saturated heterocycles. The first-order chi connectivity index (χ1) is 10.00. The van der Waals surface area contributed by atoms with Crippen LogP contribution < -0.4 is 5.56 Å². The highest BCUT2D eigenvalue weighted by molar-refractivity contribution is 5.83. The fraction of sp³-hybridized carbons (Fsp3) is 0.412. The molecule has 1 aromatic carbocycles. The normalized spacial score (nSPS) is 11.8. The summed E-state index contributed by atoms with van der Waals surface area (Å²) in [6, 6.07) is 7.54. The number of pyridine rings is 1. The smallest absolute Gasteiger partial charge is 0.329 e. The zero-order chi connectivity index (χ0) is 15.6. The van der Waals surface area contributed by atoms with E-state index in [9.17, 15) is 14.7 Å². The molecule has 0 aliphatic carbocycles. The number of carbonyl (C=O) groups is 1. The van der Waals surface area contributed by atoms with E-state index in [1.165, 1.54) is 4.57 Å². The molecule has 1 heterocycles. The lowest BCUT2D eigenvalue weighted by Gasteiger charge is -2.29. The second-order valence-corrected chi connectivity index (χ2v) is 5.31. The molecular formula is C17H21NO3. The van der Waals surface area contributed by atoms with E-state index in [-0.39, 0.29) is 5.56 Å². The molecular weight excluding hydrogens is 266 g/mol. The van der Waals surface area contributed by atoms with Crippen molar-refractivity contribution in [3.05, 3.63) is 46.4 Å². The van der Waals surface area contributed by atoms with Gasteiger partial charge >= 0.3 is 5.97 Å². The average molecular weight is 287 g/mol. The monoisotopic (exact) mass is 287 g/mol. The highest BCUT2D eigenvalue weighted by Gasteiger charge is 2.37. The summed E-state index contributed by atoms with van der Waals surface area (Å²) < 4.78 is 1.38. The zero-order valence-corrected chi connectivity index (χ0v) is 12.7. The van der Waals surface area contributed by atoms with E-state index in [0.29, 0.717) is 18.2 Å². The third-order valence-electron chi connectivity index (χ3n) is 4.41. The van der Waals surface area contributed by atoms with Crippen molar-refractivity contribution in [1.29, 1.82) is 0 Å². The van der Waals surface area contributed by atoms with Gasteiger partial charge in [-0.1, -0.05) is 32.9 Å². The molecule has 0 atom stereocenters. The molecule has 0 saturated carbocycles. The molecule has 0 fully saturated rings. The highest BCUT2D eigenvalue weighted by atomic mass is 16.4. The second kappa shape index (κ2) is 5.72. The third kappa shape index (κ3) is 2.35. The molecule has 4 nitrogen and oxygen atoms in total. The fourth-order valence-corrected chi connectivity index (χ4v) is 2.85. The van der Waals surface area contributed by atoms with E-state index < -0.39 is 11.5 Å². The Morgan fingerprint density at radius 2 is 1.86 bits per heavy atom. The Bertz CT molecular complexity index is 726. The molecule has 0 aliphatic heterocycles. The summed E-state index contributed by atoms with van der Waals surface area (Å²) in [5.74, 6) is -0.959. The first kappa shape index (κ1) is 15.3. The zero-order valence-electron chi connectivity index (χ0n) is 12.7. The van der Waals surface area contributed by atoms with Gasteiger partial charge in [-0.25, -0.2) is 4.79 Å². The maximum atomic E-state index is 12.7. The molecule has 112 valence electrons. The van der Waals surface area contributed by atoms with E-state index in [1.54, 1.807) is 26.1 Å². The van der Waals surface area contributed by atoms with Crippen LogP contribution in [-0.4, -0.2) is 15.6 Å². The number of carboxylic acids is 1. The number of fused-ring (bicyclic) bond motifs is 1. The molecule has 4 heteroatoms. The second-order valence-electron chi connectivity index (χ2n) is 5.31. The summed E-state index contributed by atoms with van der Waals surface area (Å²) in [4.78, 5) is 24.4. The van der Waals surface area contributed by atoms with Crippen LogP contribution in [0.1, 0.15) is 39.2 Å². The Morgan fingerprint density at radius 1 is 1.19 bits per heavy atom. The Balaban J connectivity index is 2.74. The number of hydrogen-bond acceptors (Lipinski definition) is 2. The van der Waals surface area contributed by atoms with Gasteiger partial charge in [0, 0.05) is 11.6 Å². The van der Waals surface area contributed by atoms with Gasteiger partial charge in [0.05, 0.1) is 0 Å². The van der Waals surface area contributed by atoms with Crippen LogP contribution in [0.15, 0.2) is 35.3 Å². The summed E-state index contributed by atoms with van der Waals surface area (Å²) in [6.07, 6.45) is 3.27. The maximum Gasteiger partial charge on any atom is 0.329 e. The summed E-state index contributed by atoms with van der Waals surface area (Å²) in [6.45, 7) is 5.66. The molecule has 2 rings (SSSR count). The molecule has 0 aliphatic rings. The van der Waals surface area contributed by atoms with Gasteiger partial charge in [0.25, 0.3) is 5.56 Å². The van der Waals surface area contributed by atoms with E-state index in [2.05, 4.69) is 6.92 Å². The highest BCUT2D eigenvalue weighted by Crippen LogP contribution is 2.25. The first-order valence-electron chi connectivity index (χ1n) is 7.38. The topological polar surface area (TPSA) is 59.3 Å². The van der Waals surface area contributed by atoms with Crippen LogP contribution in [0.2, 0.25) is 0 Å². The minimum absolute atomic E-state index is 0.235. The van der Waals surface area contributed by atoms with E-state index >= 15 is 0 Å². The fourth-order valence-electron chi connectivity index (χ4n) is 2.85. The lowest BCUT2D eigenvalue weighted by Crippen LogP contribution is -2.46. The standard InChI is InChI=1S/C17H21NO3/c1-4-12-7-8-14-13(11-12)9-10-18(15(14)19)17(5-2,6-3)16(20)21/h7-11H,4-6H2,1-3H3,(H,20,21). The minimum Gasteiger partial charge on any atom is -0.479 e. The van der Waals surface area contributed by atoms with Crippen molar-refractivity contribution in [1.82, 2.24) is 4.57 Å². The number of carboxylic acid groups (broad SMARTS) is 1. The molecule has 0 bridgehead atoms. The predicted octanol–water partition coefficient (Wildman–Crippen LogP) is 3.16. The quantitative estimate of drug-likeness (QED) is 0.919. The first-order valence-corrected chi connectivity index (χ1v) is 7.38. The third-order valence-corrected chi connectivity index (χ3v) is 4.41. The van der Waals surface area contributed by atoms with Crippen molar-refractivity contribution >= 4 is 16.7 Å². The van der Waals surface area contributed by atoms with Crippen LogP contribution in [-0.2, 0) is 16.8 Å². The van der Waals surface area contributed by atoms with E-state index in [4.69, 9.17) is 0 Å². The Morgan fingerprint density at radius 3 is 2.38 bits per heavy atom. The molecule has 0 unspecified atom stereocenters. The Hall–Kier alpha value is -2.10. The lowest BCUT2D eigenvalue weighted by molar-refractivity contribution is -0.148. The predicted molar refractivity (Wildman–Crippen MR) is 83.8 cm³/mol. The summed E-state index contributed by atoms with van der Waals surface area (Å²) >= 11 is 0. The van der Waals surface area contributed by atoms with Gasteiger partial charge in [-0.2, -0.15) is 0 Å². The number of rotatable bonds is 5. The van der Waals surface area contributed by atoms with Crippen LogP contribution in [0, 0.1) is 0 Å². The average Bonchev–Trinajstić information content (AvgIpc) is 2.50. The Kier molecular flexibility index (Phi) is 4.16. The molecule has 0 amide bonds. The summed E-state index contributed by atoms with van der Waals surface area (Å²) in [7, 11) is 0. The van der Waals surface area contributed by atoms with Crippen molar-refractivity contribution in [3.8, 4) is 0 Å².